The predicted molar refractivity (Wildman–Crippen MR) is 614 cm³/mol. The zero-order valence-electron chi connectivity index (χ0n) is 79.6. The average molecular weight is 1850 g/mol. The number of fused-ring (bicyclic) bond motifs is 40. The number of hydrogen-bond donors (Lipinski definition) is 0. The van der Waals surface area contributed by atoms with Gasteiger partial charge >= 0.3 is 0 Å². The molecule has 0 atom stereocenters. The minimum absolute atomic E-state index is 0.519. The van der Waals surface area contributed by atoms with Crippen LogP contribution in [0.4, 0.5) is 34.1 Å². The van der Waals surface area contributed by atoms with Crippen molar-refractivity contribution in [3.8, 4) is 78.1 Å². The molecular weight excluding hydrogens is 1760 g/mol. The minimum Gasteiger partial charge on any atom is -0.310 e. The summed E-state index contributed by atoms with van der Waals surface area (Å²) in [7, 11) is 0. The summed E-state index contributed by atoms with van der Waals surface area (Å²) in [6, 6.07) is 200. The first kappa shape index (κ1) is 81.8. The van der Waals surface area contributed by atoms with Gasteiger partial charge in [-0.25, -0.2) is 0 Å². The van der Waals surface area contributed by atoms with Crippen molar-refractivity contribution < 1.29 is 0 Å². The van der Waals surface area contributed by atoms with E-state index in [1.54, 1.807) is 0 Å². The molecule has 4 aliphatic rings. The van der Waals surface area contributed by atoms with Gasteiger partial charge < -0.3 is 18.9 Å². The maximum atomic E-state index is 2.60. The molecule has 0 saturated heterocycles. The Morgan fingerprint density at radius 2 is 0.445 bits per heavy atom. The first-order chi connectivity index (χ1) is 72.5. The van der Waals surface area contributed by atoms with E-state index in [1.807, 2.05) is 0 Å². The third-order valence-corrected chi connectivity index (χ3v) is 32.6. The Hall–Kier alpha value is -19.0. The van der Waals surface area contributed by atoms with Gasteiger partial charge in [0.15, 0.2) is 0 Å². The van der Waals surface area contributed by atoms with Gasteiger partial charge in [0.25, 0.3) is 0 Å². The Kier molecular flexibility index (Phi) is 17.8. The Morgan fingerprint density at radius 3 is 0.856 bits per heavy atom. The van der Waals surface area contributed by atoms with Crippen molar-refractivity contribution in [2.75, 3.05) is 9.80 Å². The van der Waals surface area contributed by atoms with Crippen LogP contribution in [0.15, 0.2) is 534 Å². The molecule has 2 heterocycles. The van der Waals surface area contributed by atoms with Crippen LogP contribution in [-0.4, -0.2) is 9.13 Å². The van der Waals surface area contributed by atoms with E-state index in [4.69, 9.17) is 0 Å². The molecule has 32 rings (SSSR count). The molecule has 0 radical (unpaired) electrons. The summed E-state index contributed by atoms with van der Waals surface area (Å²) in [6.45, 7) is 0. The van der Waals surface area contributed by atoms with Gasteiger partial charge in [-0.2, -0.15) is 0 Å². The SMILES string of the molecule is c1ccc(-c2cc3c(cc2N(c2ccc4c5ccccc5c5ccccc5c4c2)c2cccc4cc5c(cc24)c2ccccc2n5-c2ccccc2)C2(c4ccccc4-c4ccccc42)c2ccccc2-3)cc1.c1ccc(-c2cc3c(cc2N(c2ccc4cc5c(cc4c2)c2ccccc2n5-c2ccccc2)c2ccc4c5ccccc5c5ccccc5c4c2)C2(c4ccccc4-c4ccccc42)c2ccccc2-3)cc1. The highest BCUT2D eigenvalue weighted by atomic mass is 15.2. The fourth-order valence-corrected chi connectivity index (χ4v) is 26.7. The molecule has 146 heavy (non-hydrogen) atoms. The Morgan fingerprint density at radius 1 is 0.137 bits per heavy atom. The zero-order chi connectivity index (χ0) is 95.6. The van der Waals surface area contributed by atoms with E-state index in [0.29, 0.717) is 0 Å². The second-order valence-corrected chi connectivity index (χ2v) is 39.8. The summed E-state index contributed by atoms with van der Waals surface area (Å²) >= 11 is 0. The lowest BCUT2D eigenvalue weighted by atomic mass is 9.70. The second-order valence-electron chi connectivity index (χ2n) is 39.8. The lowest BCUT2D eigenvalue weighted by Crippen LogP contribution is -2.26. The molecule has 0 unspecified atom stereocenters. The van der Waals surface area contributed by atoms with E-state index in [9.17, 15) is 0 Å². The number of nitrogens with zero attached hydrogens (tertiary/aromatic N) is 4. The molecule has 0 aliphatic heterocycles. The summed E-state index contributed by atoms with van der Waals surface area (Å²) in [5.74, 6) is 0. The standard InChI is InChI=1S/2C71H44N2/c1-3-20-45(21-4-1)58-42-61-56-31-13-17-35-65(56)71(63-33-15-11-29-54(63)55-30-12-16-34-64(55)71)66(61)44-70(58)73(48-38-39-53-51-27-8-7-25-49(51)50-26-9-10-28-52(50)60(53)41-48)68-37-19-22-46-40-69-62(43-59(46)68)57-32-14-18-36-67(57)72(69)47-23-5-2-6-24-47;1-3-19-45(20-4-1)60-43-62-58-29-13-17-33-66(58)71(64-31-15-11-27-56(64)57-28-12-16-32-65(57)71)67(62)44-70(60)72(50-37-38-55-53-25-8-7-23-51(53)52-24-9-10-26-54(52)61(55)42-50)49-36-35-46-41-69-63(40-47(46)39-49)59-30-14-18-34-68(59)73(69)48-21-5-2-6-22-48/h2*1-44H. The number of rotatable bonds is 10. The number of anilines is 6. The largest absolute Gasteiger partial charge is 0.310 e. The average Bonchev–Trinajstić information content (AvgIpc) is 1.50. The number of aromatic nitrogens is 2. The predicted octanol–water partition coefficient (Wildman–Crippen LogP) is 37.8. The Bertz CT molecular complexity index is 10300. The van der Waals surface area contributed by atoms with E-state index in [-0.39, 0.29) is 0 Å². The lowest BCUT2D eigenvalue weighted by molar-refractivity contribution is 0.794. The third-order valence-electron chi connectivity index (χ3n) is 32.6. The highest BCUT2D eigenvalue weighted by Gasteiger charge is 2.54. The van der Waals surface area contributed by atoms with Crippen LogP contribution in [0.2, 0.25) is 0 Å². The fourth-order valence-electron chi connectivity index (χ4n) is 26.7. The summed E-state index contributed by atoms with van der Waals surface area (Å²) in [5, 5.41) is 24.7. The quantitative estimate of drug-likeness (QED) is 0.127. The highest BCUT2D eigenvalue weighted by Crippen LogP contribution is 2.68. The van der Waals surface area contributed by atoms with Gasteiger partial charge in [0.2, 0.25) is 0 Å². The summed E-state index contributed by atoms with van der Waals surface area (Å²) < 4.78 is 4.84. The molecule has 0 amide bonds. The molecule has 0 saturated carbocycles. The van der Waals surface area contributed by atoms with E-state index in [1.165, 1.54) is 241 Å². The van der Waals surface area contributed by atoms with Crippen LogP contribution in [0.1, 0.15) is 44.5 Å². The van der Waals surface area contributed by atoms with Gasteiger partial charge in [0, 0.05) is 66.5 Å². The van der Waals surface area contributed by atoms with Gasteiger partial charge in [-0.1, -0.05) is 406 Å². The van der Waals surface area contributed by atoms with Crippen LogP contribution in [0.25, 0.3) is 208 Å². The van der Waals surface area contributed by atoms with Gasteiger partial charge in [-0.3, -0.25) is 0 Å². The van der Waals surface area contributed by atoms with Crippen molar-refractivity contribution in [1.29, 1.82) is 0 Å². The van der Waals surface area contributed by atoms with E-state index < -0.39 is 10.8 Å². The molecule has 4 nitrogen and oxygen atoms in total. The molecule has 4 aliphatic carbocycles. The summed E-state index contributed by atoms with van der Waals surface area (Å²) in [4.78, 5) is 5.16. The summed E-state index contributed by atoms with van der Waals surface area (Å²) in [6.07, 6.45) is 0. The normalized spacial score (nSPS) is 13.0. The van der Waals surface area contributed by atoms with Crippen LogP contribution >= 0.6 is 0 Å². The third kappa shape index (κ3) is 11.7. The zero-order valence-corrected chi connectivity index (χ0v) is 79.6. The van der Waals surface area contributed by atoms with E-state index in [0.717, 1.165) is 45.5 Å². The summed E-state index contributed by atoms with van der Waals surface area (Å²) in [5.41, 5.74) is 38.3. The van der Waals surface area contributed by atoms with Gasteiger partial charge in [0.05, 0.1) is 50.0 Å². The smallest absolute Gasteiger partial charge is 0.0726 e. The maximum Gasteiger partial charge on any atom is 0.0726 e. The van der Waals surface area contributed by atoms with Gasteiger partial charge in [0.1, 0.15) is 0 Å². The first-order valence-corrected chi connectivity index (χ1v) is 50.8. The van der Waals surface area contributed by atoms with E-state index in [2.05, 4.69) is 553 Å². The van der Waals surface area contributed by atoms with Crippen molar-refractivity contribution >= 4 is 164 Å². The molecule has 2 spiro atoms. The Balaban J connectivity index is 0.000000133. The molecule has 0 fully saturated rings. The molecule has 28 aromatic rings. The number of para-hydroxylation sites is 4. The van der Waals surface area contributed by atoms with Crippen molar-refractivity contribution in [1.82, 2.24) is 9.13 Å². The number of benzene rings is 26. The molecule has 26 aromatic carbocycles. The highest BCUT2D eigenvalue weighted by molar-refractivity contribution is 6.28. The topological polar surface area (TPSA) is 16.3 Å². The van der Waals surface area contributed by atoms with Crippen LogP contribution in [-0.2, 0) is 10.8 Å². The van der Waals surface area contributed by atoms with E-state index >= 15 is 0 Å². The van der Waals surface area contributed by atoms with Crippen molar-refractivity contribution in [3.05, 3.63) is 578 Å². The van der Waals surface area contributed by atoms with Gasteiger partial charge in [-0.05, 0) is 308 Å². The second kappa shape index (κ2) is 31.8. The lowest BCUT2D eigenvalue weighted by Gasteiger charge is -2.34. The Labute approximate surface area is 844 Å². The molecule has 0 N–H and O–H groups in total. The van der Waals surface area contributed by atoms with Crippen molar-refractivity contribution in [2.24, 2.45) is 0 Å². The van der Waals surface area contributed by atoms with Crippen molar-refractivity contribution in [2.45, 2.75) is 10.8 Å². The van der Waals surface area contributed by atoms with Gasteiger partial charge in [-0.15, -0.1) is 0 Å². The molecule has 0 bridgehead atoms. The first-order valence-electron chi connectivity index (χ1n) is 50.8. The van der Waals surface area contributed by atoms with Crippen molar-refractivity contribution in [3.63, 3.8) is 0 Å². The maximum absolute atomic E-state index is 2.60. The minimum atomic E-state index is -0.530. The number of hydrogen-bond acceptors (Lipinski definition) is 2. The van der Waals surface area contributed by atoms with Crippen LogP contribution < -0.4 is 9.80 Å². The molecule has 676 valence electrons. The monoisotopic (exact) mass is 1850 g/mol. The molecule has 4 heteroatoms. The molecule has 2 aromatic heterocycles. The fraction of sp³-hybridized carbons (Fsp3) is 0.0141. The van der Waals surface area contributed by atoms with Crippen LogP contribution in [0.3, 0.4) is 0 Å². The van der Waals surface area contributed by atoms with Crippen LogP contribution in [0.5, 0.6) is 0 Å². The van der Waals surface area contributed by atoms with Crippen LogP contribution in [0, 0.1) is 0 Å². The molecular formula is C142H88N4.